The molecule has 0 saturated carbocycles. The quantitative estimate of drug-likeness (QED) is 0.321. The first-order chi connectivity index (χ1) is 1.41. The van der Waals surface area contributed by atoms with Crippen LogP contribution in [0.3, 0.4) is 0 Å². The van der Waals surface area contributed by atoms with Crippen LogP contribution in [-0.2, 0) is 0 Å². The van der Waals surface area contributed by atoms with E-state index in [0.29, 0.717) is 0 Å². The van der Waals surface area contributed by atoms with Gasteiger partial charge in [0.05, 0.1) is 0 Å². The summed E-state index contributed by atoms with van der Waals surface area (Å²) >= 11 is 0. The summed E-state index contributed by atoms with van der Waals surface area (Å²) in [6, 6.07) is 0. The Morgan fingerprint density at radius 1 is 1.60 bits per heavy atom. The molecule has 0 spiro atoms. The van der Waals surface area contributed by atoms with Crippen LogP contribution in [0.25, 0.3) is 0 Å². The monoisotopic (exact) mass is 126 g/mol. The van der Waals surface area contributed by atoms with Crippen LogP contribution in [-0.4, -0.2) is 11.7 Å². The van der Waals surface area contributed by atoms with Gasteiger partial charge in [0.15, 0.2) is 0 Å². The summed E-state index contributed by atoms with van der Waals surface area (Å²) in [7, 11) is 0. The molecule has 0 aromatic rings. The van der Waals surface area contributed by atoms with Crippen LogP contribution >= 0.6 is 0 Å². The van der Waals surface area contributed by atoms with E-state index in [1.807, 2.05) is 0 Å². The molecular formula is C2H8K2O. The van der Waals surface area contributed by atoms with E-state index in [9.17, 15) is 0 Å². The normalized spacial score (nSPS) is 3.60. The van der Waals surface area contributed by atoms with E-state index < -0.39 is 0 Å². The van der Waals surface area contributed by atoms with Crippen molar-refractivity contribution in [3.8, 4) is 0 Å². The van der Waals surface area contributed by atoms with Crippen molar-refractivity contribution in [1.82, 2.24) is 0 Å². The Balaban J connectivity index is -0.00000000333. The van der Waals surface area contributed by atoms with Crippen molar-refractivity contribution in [3.63, 3.8) is 0 Å². The molecule has 0 rings (SSSR count). The maximum absolute atomic E-state index is 7.57. The Morgan fingerprint density at radius 3 is 1.60 bits per heavy atom. The third kappa shape index (κ3) is 19.0. The summed E-state index contributed by atoms with van der Waals surface area (Å²) in [5.41, 5.74) is 0. The Hall–Kier alpha value is 3.23. The summed E-state index contributed by atoms with van der Waals surface area (Å²) < 4.78 is 0. The van der Waals surface area contributed by atoms with Crippen LogP contribution in [0.1, 0.15) is 9.78 Å². The van der Waals surface area contributed by atoms with Gasteiger partial charge in [0.2, 0.25) is 0 Å². The maximum Gasteiger partial charge on any atom is 1.00 e. The van der Waals surface area contributed by atoms with Crippen LogP contribution < -0.4 is 103 Å². The second-order valence-corrected chi connectivity index (χ2v) is 0.316. The predicted octanol–water partition coefficient (Wildman–Crippen LogP) is -5.77. The van der Waals surface area contributed by atoms with Crippen molar-refractivity contribution in [3.05, 3.63) is 0 Å². The number of aliphatic hydroxyl groups excluding tert-OH is 1. The number of aliphatic hydroxyl groups is 1. The molecule has 0 radical (unpaired) electrons. The van der Waals surface area contributed by atoms with Crippen LogP contribution in [0.4, 0.5) is 0 Å². The molecule has 0 fully saturated rings. The molecule has 0 amide bonds. The zero-order chi connectivity index (χ0) is 2.71. The maximum atomic E-state index is 7.57. The molecule has 3 heteroatoms. The molecule has 0 atom stereocenters. The third-order valence-corrected chi connectivity index (χ3v) is 0. The average molecular weight is 126 g/mol. The van der Waals surface area contributed by atoms with Gasteiger partial charge in [-0.1, -0.05) is 0 Å². The summed E-state index contributed by atoms with van der Waals surface area (Å²) in [6.45, 7) is 1.93. The van der Waals surface area contributed by atoms with Crippen molar-refractivity contribution in [2.75, 3.05) is 6.61 Å². The molecule has 0 aliphatic heterocycles. The Morgan fingerprint density at radius 2 is 1.60 bits per heavy atom. The van der Waals surface area contributed by atoms with Gasteiger partial charge in [-0.25, -0.2) is 0 Å². The molecule has 0 aromatic heterocycles. The van der Waals surface area contributed by atoms with Gasteiger partial charge in [-0.3, -0.25) is 0 Å². The zero-order valence-electron chi connectivity index (χ0n) is 6.15. The number of rotatable bonds is 0. The Labute approximate surface area is 121 Å². The van der Waals surface area contributed by atoms with Gasteiger partial charge in [-0.2, -0.15) is 0 Å². The molecule has 5 heavy (non-hydrogen) atoms. The van der Waals surface area contributed by atoms with Crippen molar-refractivity contribution in [2.24, 2.45) is 0 Å². The fourth-order valence-electron chi connectivity index (χ4n) is 0. The van der Waals surface area contributed by atoms with E-state index in [4.69, 9.17) is 5.11 Å². The molecule has 0 aliphatic carbocycles. The fraction of sp³-hybridized carbons (Fsp3) is 1.00. The van der Waals surface area contributed by atoms with Crippen molar-refractivity contribution in [1.29, 1.82) is 0 Å². The largest absolute Gasteiger partial charge is 1.00 e. The van der Waals surface area contributed by atoms with Crippen molar-refractivity contribution < 1.29 is 111 Å². The summed E-state index contributed by atoms with van der Waals surface area (Å²) in [6.07, 6.45) is 0. The van der Waals surface area contributed by atoms with Crippen molar-refractivity contribution in [2.45, 2.75) is 6.92 Å². The van der Waals surface area contributed by atoms with E-state index >= 15 is 0 Å². The van der Waals surface area contributed by atoms with Crippen LogP contribution in [0.2, 0.25) is 0 Å². The topological polar surface area (TPSA) is 20.2 Å². The molecule has 0 heterocycles. The van der Waals surface area contributed by atoms with Crippen LogP contribution in [0.15, 0.2) is 0 Å². The Bertz CT molecular complexity index is 13.7. The number of hydrogen-bond acceptors (Lipinski definition) is 1. The van der Waals surface area contributed by atoms with E-state index in [2.05, 4.69) is 0 Å². The summed E-state index contributed by atoms with van der Waals surface area (Å²) in [5.74, 6) is 0. The number of hydrogen-bond donors (Lipinski definition) is 1. The first-order valence-corrected chi connectivity index (χ1v) is 1.02. The molecule has 0 aromatic carbocycles. The summed E-state index contributed by atoms with van der Waals surface area (Å²) in [5, 5.41) is 7.57. The van der Waals surface area contributed by atoms with Gasteiger partial charge < -0.3 is 7.96 Å². The molecule has 0 aliphatic rings. The second kappa shape index (κ2) is 15.7. The zero-order valence-corrected chi connectivity index (χ0v) is 10.4. The smallest absolute Gasteiger partial charge is 1.00 e. The van der Waals surface area contributed by atoms with Gasteiger partial charge in [-0.15, -0.1) is 0 Å². The molecule has 24 valence electrons. The van der Waals surface area contributed by atoms with E-state index in [0.717, 1.165) is 0 Å². The molecule has 1 nitrogen and oxygen atoms in total. The molecule has 0 saturated heterocycles. The van der Waals surface area contributed by atoms with Gasteiger partial charge in [0, 0.05) is 6.61 Å². The van der Waals surface area contributed by atoms with Gasteiger partial charge >= 0.3 is 103 Å². The average Bonchev–Trinajstić information content (AvgIpc) is 0.918. The molecule has 1 N–H and O–H groups in total. The predicted molar refractivity (Wildman–Crippen MR) is 15.0 cm³/mol. The van der Waals surface area contributed by atoms with Gasteiger partial charge in [-0.05, 0) is 6.92 Å². The van der Waals surface area contributed by atoms with Crippen LogP contribution in [0.5, 0.6) is 0 Å². The first-order valence-electron chi connectivity index (χ1n) is 1.02. The minimum absolute atomic E-state index is 0. The third-order valence-electron chi connectivity index (χ3n) is 0. The SMILES string of the molecule is CCO.[H-].[H-].[K+].[K+]. The summed E-state index contributed by atoms with van der Waals surface area (Å²) in [4.78, 5) is 0. The Kier molecular flexibility index (Phi) is 49.3. The fourth-order valence-corrected chi connectivity index (χ4v) is 0. The second-order valence-electron chi connectivity index (χ2n) is 0.316. The van der Waals surface area contributed by atoms with Crippen LogP contribution in [0, 0.1) is 0 Å². The minimum Gasteiger partial charge on any atom is -1.00 e. The first kappa shape index (κ1) is 15.7. The molecular weight excluding hydrogens is 118 g/mol. The van der Waals surface area contributed by atoms with Gasteiger partial charge in [0.1, 0.15) is 0 Å². The standard InChI is InChI=1S/C2H6O.2K.2H/c1-2-3;;;;/h3H,2H2,1H3;;;;/q;2*+1;2*-1. The molecule has 0 unspecified atom stereocenters. The minimum atomic E-state index is 0. The van der Waals surface area contributed by atoms with Gasteiger partial charge in [0.25, 0.3) is 0 Å². The van der Waals surface area contributed by atoms with Crippen molar-refractivity contribution >= 4 is 0 Å². The van der Waals surface area contributed by atoms with E-state index in [1.165, 1.54) is 0 Å². The van der Waals surface area contributed by atoms with E-state index in [1.54, 1.807) is 6.92 Å². The van der Waals surface area contributed by atoms with E-state index in [-0.39, 0.29) is 112 Å². The molecule has 0 bridgehead atoms.